The van der Waals surface area contributed by atoms with Crippen LogP contribution in [0.15, 0.2) is 18.2 Å². The molecule has 1 aliphatic carbocycles. The number of fused-ring (bicyclic) bond motifs is 3. The van der Waals surface area contributed by atoms with Crippen LogP contribution in [0.3, 0.4) is 0 Å². The van der Waals surface area contributed by atoms with Crippen molar-refractivity contribution in [3.8, 4) is 0 Å². The fourth-order valence-electron chi connectivity index (χ4n) is 5.48. The largest absolute Gasteiger partial charge is 0.356 e. The van der Waals surface area contributed by atoms with Crippen LogP contribution >= 0.6 is 11.6 Å². The number of hydrogen-bond donors (Lipinski definition) is 1. The summed E-state index contributed by atoms with van der Waals surface area (Å²) in [6.07, 6.45) is 6.67. The lowest BCUT2D eigenvalue weighted by Gasteiger charge is -2.40. The van der Waals surface area contributed by atoms with Gasteiger partial charge in [-0.25, -0.2) is 0 Å². The summed E-state index contributed by atoms with van der Waals surface area (Å²) in [6.45, 7) is 7.53. The first kappa shape index (κ1) is 19.4. The summed E-state index contributed by atoms with van der Waals surface area (Å²) in [6, 6.07) is 7.06. The summed E-state index contributed by atoms with van der Waals surface area (Å²) in [5, 5.41) is 2.01. The minimum atomic E-state index is 0.152. The van der Waals surface area contributed by atoms with Crippen LogP contribution in [0.2, 0.25) is 5.02 Å². The number of halogens is 1. The van der Waals surface area contributed by atoms with Gasteiger partial charge in [0.25, 0.3) is 0 Å². The lowest BCUT2D eigenvalue weighted by molar-refractivity contribution is -0.140. The van der Waals surface area contributed by atoms with Crippen molar-refractivity contribution < 1.29 is 4.79 Å². The number of benzene rings is 1. The molecule has 1 aromatic carbocycles. The molecule has 3 heterocycles. The van der Waals surface area contributed by atoms with Gasteiger partial charge in [-0.2, -0.15) is 0 Å². The van der Waals surface area contributed by atoms with Crippen molar-refractivity contribution in [2.24, 2.45) is 11.8 Å². The number of carbonyl (C=O) groups excluding carboxylic acids is 1. The Balaban J connectivity index is 1.41. The number of hydrogen-bond acceptors (Lipinski definition) is 2. The quantitative estimate of drug-likeness (QED) is 0.751. The Morgan fingerprint density at radius 3 is 2.62 bits per heavy atom. The van der Waals surface area contributed by atoms with Crippen LogP contribution in [0.5, 0.6) is 0 Å². The van der Waals surface area contributed by atoms with Crippen LogP contribution in [0.25, 0.3) is 10.9 Å². The summed E-state index contributed by atoms with van der Waals surface area (Å²) >= 11 is 6.28. The van der Waals surface area contributed by atoms with Gasteiger partial charge in [-0.05, 0) is 81.3 Å². The molecule has 1 saturated heterocycles. The molecule has 3 aliphatic rings. The predicted octanol–water partition coefficient (Wildman–Crippen LogP) is 5.17. The smallest absolute Gasteiger partial charge is 0.226 e. The number of rotatable bonds is 4. The molecule has 1 aromatic heterocycles. The maximum Gasteiger partial charge on any atom is 0.226 e. The highest BCUT2D eigenvalue weighted by Crippen LogP contribution is 2.40. The maximum absolute atomic E-state index is 13.6. The van der Waals surface area contributed by atoms with Crippen LogP contribution in [0.1, 0.15) is 63.3 Å². The first-order valence-electron chi connectivity index (χ1n) is 11.4. The minimum Gasteiger partial charge on any atom is -0.356 e. The van der Waals surface area contributed by atoms with Gasteiger partial charge in [0.15, 0.2) is 0 Å². The zero-order chi connectivity index (χ0) is 20.1. The van der Waals surface area contributed by atoms with E-state index in [9.17, 15) is 4.79 Å². The third-order valence-corrected chi connectivity index (χ3v) is 7.37. The molecule has 2 aliphatic heterocycles. The Kier molecular flexibility index (Phi) is 5.11. The molecule has 4 nitrogen and oxygen atoms in total. The van der Waals surface area contributed by atoms with Gasteiger partial charge in [0.2, 0.25) is 5.91 Å². The third-order valence-electron chi connectivity index (χ3n) is 7.13. The molecule has 1 saturated carbocycles. The van der Waals surface area contributed by atoms with Gasteiger partial charge < -0.3 is 14.8 Å². The van der Waals surface area contributed by atoms with E-state index >= 15 is 0 Å². The molecule has 2 fully saturated rings. The Labute approximate surface area is 178 Å². The van der Waals surface area contributed by atoms with Crippen molar-refractivity contribution in [3.05, 3.63) is 34.5 Å². The van der Waals surface area contributed by atoms with Gasteiger partial charge in [-0.3, -0.25) is 4.79 Å². The van der Waals surface area contributed by atoms with E-state index in [0.717, 1.165) is 61.9 Å². The van der Waals surface area contributed by atoms with Crippen molar-refractivity contribution in [2.75, 3.05) is 19.6 Å². The standard InChI is InChI=1S/C24H32ClN3O/c1-15(2)13-22-23-19(20-14-17(25)3-6-21(20)26-23)9-12-28(22)24(29)16-7-10-27(11-8-16)18-4-5-18/h3,6,14-16,18,22,26H,4-5,7-13H2,1-2H3. The Hall–Kier alpha value is -1.52. The normalized spacial score (nSPS) is 23.7. The van der Waals surface area contributed by atoms with E-state index in [1.54, 1.807) is 0 Å². The highest BCUT2D eigenvalue weighted by Gasteiger charge is 2.39. The van der Waals surface area contributed by atoms with Gasteiger partial charge >= 0.3 is 0 Å². The van der Waals surface area contributed by atoms with Crippen LogP contribution in [-0.2, 0) is 11.2 Å². The molecule has 156 valence electrons. The van der Waals surface area contributed by atoms with Crippen molar-refractivity contribution in [2.45, 2.75) is 64.5 Å². The summed E-state index contributed by atoms with van der Waals surface area (Å²) in [7, 11) is 0. The van der Waals surface area contributed by atoms with E-state index in [0.29, 0.717) is 11.8 Å². The Morgan fingerprint density at radius 1 is 1.17 bits per heavy atom. The van der Waals surface area contributed by atoms with Crippen LogP contribution in [0, 0.1) is 11.8 Å². The van der Waals surface area contributed by atoms with Gasteiger partial charge in [-0.1, -0.05) is 25.4 Å². The zero-order valence-electron chi connectivity index (χ0n) is 17.6. The predicted molar refractivity (Wildman–Crippen MR) is 118 cm³/mol. The van der Waals surface area contributed by atoms with Crippen molar-refractivity contribution in [3.63, 3.8) is 0 Å². The molecule has 0 bridgehead atoms. The molecular weight excluding hydrogens is 382 g/mol. The molecule has 5 rings (SSSR count). The number of H-pyrrole nitrogens is 1. The van der Waals surface area contributed by atoms with Crippen molar-refractivity contribution >= 4 is 28.4 Å². The first-order valence-corrected chi connectivity index (χ1v) is 11.7. The van der Waals surface area contributed by atoms with Crippen molar-refractivity contribution in [1.29, 1.82) is 0 Å². The average Bonchev–Trinajstić information content (AvgIpc) is 3.49. The molecule has 2 aromatic rings. The molecule has 29 heavy (non-hydrogen) atoms. The summed E-state index contributed by atoms with van der Waals surface area (Å²) in [5.41, 5.74) is 3.74. The summed E-state index contributed by atoms with van der Waals surface area (Å²) in [4.78, 5) is 22.1. The third kappa shape index (κ3) is 3.70. The molecule has 1 atom stereocenters. The molecule has 0 radical (unpaired) electrons. The molecule has 1 N–H and O–H groups in total. The van der Waals surface area contributed by atoms with Gasteiger partial charge in [-0.15, -0.1) is 0 Å². The highest BCUT2D eigenvalue weighted by atomic mass is 35.5. The second kappa shape index (κ2) is 7.63. The van der Waals surface area contributed by atoms with Gasteiger partial charge in [0.05, 0.1) is 6.04 Å². The topological polar surface area (TPSA) is 39.3 Å². The minimum absolute atomic E-state index is 0.152. The van der Waals surface area contributed by atoms with Crippen LogP contribution in [0.4, 0.5) is 0 Å². The summed E-state index contributed by atoms with van der Waals surface area (Å²) < 4.78 is 0. The lowest BCUT2D eigenvalue weighted by Crippen LogP contribution is -2.47. The molecule has 5 heteroatoms. The number of nitrogens with one attached hydrogen (secondary N) is 1. The number of carbonyl (C=O) groups is 1. The fraction of sp³-hybridized carbons (Fsp3) is 0.625. The first-order chi connectivity index (χ1) is 14.0. The zero-order valence-corrected chi connectivity index (χ0v) is 18.3. The Bertz CT molecular complexity index is 908. The lowest BCUT2D eigenvalue weighted by atomic mass is 9.88. The number of piperidine rings is 1. The van der Waals surface area contributed by atoms with Crippen LogP contribution in [-0.4, -0.2) is 46.4 Å². The van der Waals surface area contributed by atoms with E-state index in [2.05, 4.69) is 40.8 Å². The molecular formula is C24H32ClN3O. The van der Waals surface area contributed by atoms with E-state index in [4.69, 9.17) is 11.6 Å². The van der Waals surface area contributed by atoms with E-state index in [1.165, 1.54) is 29.5 Å². The molecule has 0 spiro atoms. The molecule has 1 unspecified atom stereocenters. The van der Waals surface area contributed by atoms with E-state index < -0.39 is 0 Å². The second-order valence-corrected chi connectivity index (χ2v) is 10.1. The maximum atomic E-state index is 13.6. The van der Waals surface area contributed by atoms with E-state index in [1.807, 2.05) is 6.07 Å². The number of nitrogens with zero attached hydrogens (tertiary/aromatic N) is 2. The van der Waals surface area contributed by atoms with Crippen LogP contribution < -0.4 is 0 Å². The van der Waals surface area contributed by atoms with Crippen molar-refractivity contribution in [1.82, 2.24) is 14.8 Å². The highest BCUT2D eigenvalue weighted by molar-refractivity contribution is 6.31. The average molecular weight is 414 g/mol. The number of aromatic amines is 1. The van der Waals surface area contributed by atoms with E-state index in [-0.39, 0.29) is 12.0 Å². The SMILES string of the molecule is CC(C)CC1c2[nH]c3ccc(Cl)cc3c2CCN1C(=O)C1CCN(C2CC2)CC1. The summed E-state index contributed by atoms with van der Waals surface area (Å²) in [5.74, 6) is 1.11. The fourth-order valence-corrected chi connectivity index (χ4v) is 5.65. The monoisotopic (exact) mass is 413 g/mol. The Morgan fingerprint density at radius 2 is 1.93 bits per heavy atom. The molecule has 1 amide bonds. The van der Waals surface area contributed by atoms with Gasteiger partial charge in [0, 0.05) is 40.1 Å². The number of likely N-dealkylation sites (tertiary alicyclic amines) is 1. The van der Waals surface area contributed by atoms with Gasteiger partial charge in [0.1, 0.15) is 0 Å². The second-order valence-electron chi connectivity index (χ2n) is 9.68. The number of amides is 1. The number of aromatic nitrogens is 1.